The minimum atomic E-state index is -4.86. The molecule has 1 aromatic rings. The summed E-state index contributed by atoms with van der Waals surface area (Å²) in [7, 11) is 0. The Bertz CT molecular complexity index is 606. The van der Waals surface area contributed by atoms with E-state index in [9.17, 15) is 18.0 Å². The summed E-state index contributed by atoms with van der Waals surface area (Å²) in [6.07, 6.45) is -4.86. The summed E-state index contributed by atoms with van der Waals surface area (Å²) >= 11 is 0. The third-order valence-electron chi connectivity index (χ3n) is 2.33. The van der Waals surface area contributed by atoms with E-state index in [1.165, 1.54) is 6.07 Å². The molecule has 0 heterocycles. The van der Waals surface area contributed by atoms with E-state index in [-0.39, 0.29) is 24.5 Å². The molecule has 0 N–H and O–H groups in total. The highest BCUT2D eigenvalue weighted by Crippen LogP contribution is 2.29. The summed E-state index contributed by atoms with van der Waals surface area (Å²) < 4.78 is 51.0. The number of carbonyl (C=O) groups is 1. The number of hydrogen-bond donors (Lipinski definition) is 0. The molecule has 1 rings (SSSR count). The van der Waals surface area contributed by atoms with Crippen molar-refractivity contribution < 1.29 is 32.2 Å². The van der Waals surface area contributed by atoms with Gasteiger partial charge in [0.05, 0.1) is 0 Å². The second-order valence-electron chi connectivity index (χ2n) is 4.98. The molecule has 0 saturated carbocycles. The fraction of sp³-hybridized carbons (Fsp3) is 0.312. The quantitative estimate of drug-likeness (QED) is 0.553. The second kappa shape index (κ2) is 7.71. The van der Waals surface area contributed by atoms with E-state index in [4.69, 9.17) is 9.47 Å². The molecular formula is C16H17F3O4. The van der Waals surface area contributed by atoms with Crippen molar-refractivity contribution in [1.29, 1.82) is 0 Å². The topological polar surface area (TPSA) is 44.8 Å². The van der Waals surface area contributed by atoms with Gasteiger partial charge in [-0.15, -0.1) is 13.2 Å². The zero-order chi connectivity index (χ0) is 17.6. The van der Waals surface area contributed by atoms with Crippen molar-refractivity contribution in [3.63, 3.8) is 0 Å². The van der Waals surface area contributed by atoms with Crippen molar-refractivity contribution in [3.8, 4) is 11.5 Å². The Morgan fingerprint density at radius 2 is 1.74 bits per heavy atom. The minimum Gasteiger partial charge on any atom is -0.488 e. The lowest BCUT2D eigenvalue weighted by Gasteiger charge is -2.14. The zero-order valence-corrected chi connectivity index (χ0v) is 12.8. The van der Waals surface area contributed by atoms with Crippen molar-refractivity contribution in [3.05, 3.63) is 48.1 Å². The summed E-state index contributed by atoms with van der Waals surface area (Å²) in [4.78, 5) is 12.0. The van der Waals surface area contributed by atoms with Crippen LogP contribution in [0.15, 0.2) is 42.5 Å². The maximum Gasteiger partial charge on any atom is 0.573 e. The monoisotopic (exact) mass is 330 g/mol. The molecule has 0 aliphatic carbocycles. The molecule has 7 heteroatoms. The van der Waals surface area contributed by atoms with Crippen LogP contribution in [-0.4, -0.2) is 25.5 Å². The van der Waals surface area contributed by atoms with Gasteiger partial charge in [-0.25, -0.2) is 4.79 Å². The van der Waals surface area contributed by atoms with Crippen LogP contribution < -0.4 is 9.47 Å². The van der Waals surface area contributed by atoms with Gasteiger partial charge in [0.2, 0.25) is 0 Å². The van der Waals surface area contributed by atoms with Crippen molar-refractivity contribution >= 4 is 5.97 Å². The van der Waals surface area contributed by atoms with Gasteiger partial charge in [0.15, 0.2) is 0 Å². The van der Waals surface area contributed by atoms with Crippen LogP contribution in [0.3, 0.4) is 0 Å². The van der Waals surface area contributed by atoms with Gasteiger partial charge in [0.25, 0.3) is 0 Å². The Labute approximate surface area is 132 Å². The van der Waals surface area contributed by atoms with Crippen molar-refractivity contribution in [2.75, 3.05) is 13.2 Å². The molecule has 23 heavy (non-hydrogen) atoms. The van der Waals surface area contributed by atoms with Crippen LogP contribution in [0.4, 0.5) is 13.2 Å². The Morgan fingerprint density at radius 3 is 2.26 bits per heavy atom. The summed E-state index contributed by atoms with van der Waals surface area (Å²) in [5, 5.41) is 0. The Balaban J connectivity index is 3.06. The van der Waals surface area contributed by atoms with Crippen LogP contribution in [-0.2, 0) is 4.74 Å². The molecule has 0 fully saturated rings. The summed E-state index contributed by atoms with van der Waals surface area (Å²) in [5.74, 6) is -1.30. The number of rotatable bonds is 7. The second-order valence-corrected chi connectivity index (χ2v) is 4.98. The standard InChI is InChI=1S/C16H17F3O4/c1-10(2)8-21-14-6-5-12(23-16(17,18)19)7-13(14)15(20)22-9-11(3)4/h5-7H,1,3,8-9H2,2,4H3. The highest BCUT2D eigenvalue weighted by Gasteiger charge is 2.31. The van der Waals surface area contributed by atoms with E-state index in [1.807, 2.05) is 0 Å². The predicted octanol–water partition coefficient (Wildman–Crippen LogP) is 4.27. The molecule has 0 bridgehead atoms. The number of hydrogen-bond acceptors (Lipinski definition) is 4. The van der Waals surface area contributed by atoms with Crippen molar-refractivity contribution in [2.45, 2.75) is 20.2 Å². The van der Waals surface area contributed by atoms with Gasteiger partial charge >= 0.3 is 12.3 Å². The van der Waals surface area contributed by atoms with E-state index in [0.29, 0.717) is 11.1 Å². The molecule has 0 radical (unpaired) electrons. The number of alkyl halides is 3. The van der Waals surface area contributed by atoms with E-state index in [1.54, 1.807) is 13.8 Å². The summed E-state index contributed by atoms with van der Waals surface area (Å²) in [6, 6.07) is 3.18. The first-order chi connectivity index (χ1) is 10.6. The van der Waals surface area contributed by atoms with Crippen LogP contribution in [0, 0.1) is 0 Å². The number of benzene rings is 1. The molecule has 4 nitrogen and oxygen atoms in total. The largest absolute Gasteiger partial charge is 0.573 e. The summed E-state index contributed by atoms with van der Waals surface area (Å²) in [6.45, 7) is 10.6. The first-order valence-corrected chi connectivity index (χ1v) is 6.57. The molecule has 0 saturated heterocycles. The van der Waals surface area contributed by atoms with Gasteiger partial charge in [0.1, 0.15) is 30.3 Å². The van der Waals surface area contributed by atoms with Gasteiger partial charge in [-0.05, 0) is 43.2 Å². The molecule has 0 spiro atoms. The number of halogens is 3. The maximum atomic E-state index is 12.3. The third-order valence-corrected chi connectivity index (χ3v) is 2.33. The van der Waals surface area contributed by atoms with E-state index in [2.05, 4.69) is 17.9 Å². The Hall–Kier alpha value is -2.44. The van der Waals surface area contributed by atoms with Gasteiger partial charge in [-0.2, -0.15) is 0 Å². The first-order valence-electron chi connectivity index (χ1n) is 6.57. The number of carbonyl (C=O) groups excluding carboxylic acids is 1. The smallest absolute Gasteiger partial charge is 0.488 e. The minimum absolute atomic E-state index is 0.0525. The third kappa shape index (κ3) is 6.90. The molecular weight excluding hydrogens is 313 g/mol. The van der Waals surface area contributed by atoms with Crippen LogP contribution in [0.1, 0.15) is 24.2 Å². The lowest BCUT2D eigenvalue weighted by Crippen LogP contribution is -2.18. The highest BCUT2D eigenvalue weighted by atomic mass is 19.4. The molecule has 0 atom stereocenters. The van der Waals surface area contributed by atoms with E-state index < -0.39 is 18.1 Å². The van der Waals surface area contributed by atoms with Crippen molar-refractivity contribution in [2.24, 2.45) is 0 Å². The van der Waals surface area contributed by atoms with Crippen molar-refractivity contribution in [1.82, 2.24) is 0 Å². The molecule has 126 valence electrons. The SMILES string of the molecule is C=C(C)COC(=O)c1cc(OC(F)(F)F)ccc1OCC(=C)C. The number of ether oxygens (including phenoxy) is 3. The first kappa shape index (κ1) is 18.6. The lowest BCUT2D eigenvalue weighted by atomic mass is 10.2. The highest BCUT2D eigenvalue weighted by molar-refractivity contribution is 5.93. The summed E-state index contributed by atoms with van der Waals surface area (Å²) in [5.41, 5.74) is 1.10. The predicted molar refractivity (Wildman–Crippen MR) is 78.5 cm³/mol. The maximum absolute atomic E-state index is 12.3. The molecule has 0 aliphatic rings. The number of esters is 1. The van der Waals surface area contributed by atoms with Gasteiger partial charge < -0.3 is 14.2 Å². The van der Waals surface area contributed by atoms with Gasteiger partial charge in [-0.3, -0.25) is 0 Å². The fourth-order valence-corrected chi connectivity index (χ4v) is 1.46. The van der Waals surface area contributed by atoms with Crippen LogP contribution in [0.5, 0.6) is 11.5 Å². The Morgan fingerprint density at radius 1 is 1.13 bits per heavy atom. The molecule has 0 aliphatic heterocycles. The van der Waals surface area contributed by atoms with E-state index >= 15 is 0 Å². The van der Waals surface area contributed by atoms with E-state index in [0.717, 1.165) is 12.1 Å². The lowest BCUT2D eigenvalue weighted by molar-refractivity contribution is -0.274. The van der Waals surface area contributed by atoms with Gasteiger partial charge in [0, 0.05) is 0 Å². The normalized spacial score (nSPS) is 10.8. The molecule has 0 aromatic heterocycles. The Kier molecular flexibility index (Phi) is 6.24. The average Bonchev–Trinajstić information content (AvgIpc) is 2.41. The molecule has 0 amide bonds. The molecule has 1 aromatic carbocycles. The van der Waals surface area contributed by atoms with Crippen LogP contribution in [0.2, 0.25) is 0 Å². The zero-order valence-electron chi connectivity index (χ0n) is 12.8. The fourth-order valence-electron chi connectivity index (χ4n) is 1.46. The van der Waals surface area contributed by atoms with Crippen LogP contribution in [0.25, 0.3) is 0 Å². The van der Waals surface area contributed by atoms with Gasteiger partial charge in [-0.1, -0.05) is 13.2 Å². The molecule has 0 unspecified atom stereocenters. The van der Waals surface area contributed by atoms with Crippen LogP contribution >= 0.6 is 0 Å². The average molecular weight is 330 g/mol.